The van der Waals surface area contributed by atoms with E-state index in [9.17, 15) is 9.18 Å². The van der Waals surface area contributed by atoms with Gasteiger partial charge in [-0.3, -0.25) is 10.1 Å². The van der Waals surface area contributed by atoms with Gasteiger partial charge >= 0.3 is 5.97 Å². The SMILES string of the molecule is Cc1c(-c2ccc(F)cn2)n[nH]c1C(=O)O. The normalized spacial score (nSPS) is 10.4. The first-order valence-corrected chi connectivity index (χ1v) is 4.50. The van der Waals surface area contributed by atoms with Gasteiger partial charge in [0.1, 0.15) is 17.2 Å². The third kappa shape index (κ3) is 1.65. The molecule has 0 aliphatic rings. The largest absolute Gasteiger partial charge is 0.477 e. The minimum Gasteiger partial charge on any atom is -0.477 e. The van der Waals surface area contributed by atoms with Crippen LogP contribution in [0.3, 0.4) is 0 Å². The van der Waals surface area contributed by atoms with Gasteiger partial charge in [0.15, 0.2) is 0 Å². The van der Waals surface area contributed by atoms with Gasteiger partial charge < -0.3 is 5.11 Å². The van der Waals surface area contributed by atoms with Crippen LogP contribution in [0.1, 0.15) is 16.1 Å². The Morgan fingerprint density at radius 3 is 2.75 bits per heavy atom. The smallest absolute Gasteiger partial charge is 0.354 e. The van der Waals surface area contributed by atoms with Crippen LogP contribution < -0.4 is 0 Å². The second-order valence-electron chi connectivity index (χ2n) is 3.24. The maximum atomic E-state index is 12.7. The van der Waals surface area contributed by atoms with Gasteiger partial charge in [-0.1, -0.05) is 0 Å². The fourth-order valence-electron chi connectivity index (χ4n) is 1.37. The molecule has 0 atom stereocenters. The van der Waals surface area contributed by atoms with Gasteiger partial charge in [0.25, 0.3) is 0 Å². The molecule has 5 nitrogen and oxygen atoms in total. The van der Waals surface area contributed by atoms with Crippen LogP contribution in [0.25, 0.3) is 11.4 Å². The second-order valence-corrected chi connectivity index (χ2v) is 3.24. The Morgan fingerprint density at radius 1 is 1.50 bits per heavy atom. The van der Waals surface area contributed by atoms with Gasteiger partial charge in [-0.15, -0.1) is 0 Å². The summed E-state index contributed by atoms with van der Waals surface area (Å²) in [4.78, 5) is 14.6. The van der Waals surface area contributed by atoms with Crippen molar-refractivity contribution in [2.45, 2.75) is 6.92 Å². The van der Waals surface area contributed by atoms with E-state index in [2.05, 4.69) is 15.2 Å². The van der Waals surface area contributed by atoms with Gasteiger partial charge in [-0.2, -0.15) is 5.10 Å². The monoisotopic (exact) mass is 221 g/mol. The quantitative estimate of drug-likeness (QED) is 0.807. The Labute approximate surface area is 90.0 Å². The van der Waals surface area contributed by atoms with Crippen LogP contribution in [0.15, 0.2) is 18.3 Å². The standard InChI is InChI=1S/C10H8FN3O2/c1-5-8(13-14-9(5)10(15)16)7-3-2-6(11)4-12-7/h2-4H,1H3,(H,13,14)(H,15,16). The molecule has 0 amide bonds. The molecule has 6 heteroatoms. The first-order valence-electron chi connectivity index (χ1n) is 4.50. The van der Waals surface area contributed by atoms with Crippen molar-refractivity contribution < 1.29 is 14.3 Å². The lowest BCUT2D eigenvalue weighted by Crippen LogP contribution is -1.98. The molecular formula is C10H8FN3O2. The Hall–Kier alpha value is -2.24. The van der Waals surface area contributed by atoms with Crippen LogP contribution in [0.2, 0.25) is 0 Å². The topological polar surface area (TPSA) is 78.9 Å². The molecule has 0 aliphatic carbocycles. The van der Waals surface area contributed by atoms with Crippen molar-refractivity contribution in [3.05, 3.63) is 35.4 Å². The molecule has 0 fully saturated rings. The number of aromatic amines is 1. The molecule has 2 aromatic heterocycles. The van der Waals surface area contributed by atoms with Crippen LogP contribution in [0, 0.1) is 12.7 Å². The molecule has 0 aliphatic heterocycles. The van der Waals surface area contributed by atoms with E-state index < -0.39 is 11.8 Å². The van der Waals surface area contributed by atoms with Gasteiger partial charge in [0.2, 0.25) is 0 Å². The highest BCUT2D eigenvalue weighted by Gasteiger charge is 2.16. The molecule has 0 radical (unpaired) electrons. The summed E-state index contributed by atoms with van der Waals surface area (Å²) in [5.41, 5.74) is 1.34. The number of aromatic carboxylic acids is 1. The predicted molar refractivity (Wildman–Crippen MR) is 53.5 cm³/mol. The van der Waals surface area contributed by atoms with E-state index in [4.69, 9.17) is 5.11 Å². The number of hydrogen-bond acceptors (Lipinski definition) is 3. The van der Waals surface area contributed by atoms with E-state index >= 15 is 0 Å². The Bertz CT molecular complexity index is 533. The van der Waals surface area contributed by atoms with Crippen LogP contribution in [0.5, 0.6) is 0 Å². The summed E-state index contributed by atoms with van der Waals surface area (Å²) in [5.74, 6) is -1.53. The summed E-state index contributed by atoms with van der Waals surface area (Å²) in [7, 11) is 0. The lowest BCUT2D eigenvalue weighted by Gasteiger charge is -1.97. The van der Waals surface area contributed by atoms with Crippen LogP contribution in [-0.4, -0.2) is 26.3 Å². The van der Waals surface area contributed by atoms with E-state index in [1.54, 1.807) is 6.92 Å². The molecule has 0 bridgehead atoms. The van der Waals surface area contributed by atoms with Crippen molar-refractivity contribution in [3.8, 4) is 11.4 Å². The molecule has 16 heavy (non-hydrogen) atoms. The number of nitrogens with one attached hydrogen (secondary N) is 1. The van der Waals surface area contributed by atoms with Crippen LogP contribution in [0.4, 0.5) is 4.39 Å². The lowest BCUT2D eigenvalue weighted by atomic mass is 10.1. The minimum atomic E-state index is -1.08. The molecule has 2 aromatic rings. The first kappa shape index (κ1) is 10.3. The molecular weight excluding hydrogens is 213 g/mol. The lowest BCUT2D eigenvalue weighted by molar-refractivity contribution is 0.0689. The van der Waals surface area contributed by atoms with Gasteiger partial charge in [0, 0.05) is 5.56 Å². The zero-order chi connectivity index (χ0) is 11.7. The number of halogens is 1. The zero-order valence-electron chi connectivity index (χ0n) is 8.36. The summed E-state index contributed by atoms with van der Waals surface area (Å²) in [5, 5.41) is 15.1. The van der Waals surface area contributed by atoms with E-state index in [-0.39, 0.29) is 5.69 Å². The fourth-order valence-corrected chi connectivity index (χ4v) is 1.37. The van der Waals surface area contributed by atoms with E-state index in [0.29, 0.717) is 17.0 Å². The van der Waals surface area contributed by atoms with Crippen LogP contribution >= 0.6 is 0 Å². The summed E-state index contributed by atoms with van der Waals surface area (Å²) in [6.45, 7) is 1.62. The predicted octanol–water partition coefficient (Wildman–Crippen LogP) is 1.62. The molecule has 2 rings (SSSR count). The van der Waals surface area contributed by atoms with Crippen molar-refractivity contribution >= 4 is 5.97 Å². The summed E-state index contributed by atoms with van der Waals surface area (Å²) < 4.78 is 12.7. The number of carbonyl (C=O) groups is 1. The maximum Gasteiger partial charge on any atom is 0.354 e. The van der Waals surface area contributed by atoms with Crippen molar-refractivity contribution in [2.24, 2.45) is 0 Å². The highest BCUT2D eigenvalue weighted by molar-refractivity contribution is 5.89. The number of aromatic nitrogens is 3. The first-order chi connectivity index (χ1) is 7.59. The molecule has 0 spiro atoms. The van der Waals surface area contributed by atoms with Crippen molar-refractivity contribution in [1.29, 1.82) is 0 Å². The number of rotatable bonds is 2. The Morgan fingerprint density at radius 2 is 2.25 bits per heavy atom. The molecule has 2 heterocycles. The van der Waals surface area contributed by atoms with Gasteiger partial charge in [-0.25, -0.2) is 9.18 Å². The third-order valence-electron chi connectivity index (χ3n) is 2.19. The molecule has 0 unspecified atom stereocenters. The summed E-state index contributed by atoms with van der Waals surface area (Å²) in [6, 6.07) is 2.70. The molecule has 0 aromatic carbocycles. The van der Waals surface area contributed by atoms with E-state index in [0.717, 1.165) is 6.20 Å². The number of pyridine rings is 1. The summed E-state index contributed by atoms with van der Waals surface area (Å²) >= 11 is 0. The summed E-state index contributed by atoms with van der Waals surface area (Å²) in [6.07, 6.45) is 1.06. The third-order valence-corrected chi connectivity index (χ3v) is 2.19. The second kappa shape index (κ2) is 3.73. The van der Waals surface area contributed by atoms with E-state index in [1.165, 1.54) is 12.1 Å². The maximum absolute atomic E-state index is 12.7. The van der Waals surface area contributed by atoms with Crippen molar-refractivity contribution in [2.75, 3.05) is 0 Å². The minimum absolute atomic E-state index is 0.0149. The molecule has 0 saturated heterocycles. The average molecular weight is 221 g/mol. The Balaban J connectivity index is 2.49. The molecule has 0 saturated carbocycles. The zero-order valence-corrected chi connectivity index (χ0v) is 8.36. The molecule has 82 valence electrons. The number of nitrogens with zero attached hydrogens (tertiary/aromatic N) is 2. The Kier molecular flexibility index (Phi) is 2.40. The number of hydrogen-bond donors (Lipinski definition) is 2. The number of H-pyrrole nitrogens is 1. The number of carboxylic acid groups (broad SMARTS) is 1. The van der Waals surface area contributed by atoms with Gasteiger partial charge in [-0.05, 0) is 19.1 Å². The average Bonchev–Trinajstić information content (AvgIpc) is 2.61. The molecule has 2 N–H and O–H groups in total. The van der Waals surface area contributed by atoms with Crippen molar-refractivity contribution in [1.82, 2.24) is 15.2 Å². The van der Waals surface area contributed by atoms with Crippen molar-refractivity contribution in [3.63, 3.8) is 0 Å². The highest BCUT2D eigenvalue weighted by atomic mass is 19.1. The van der Waals surface area contributed by atoms with Crippen LogP contribution in [-0.2, 0) is 0 Å². The fraction of sp³-hybridized carbons (Fsp3) is 0.100. The van der Waals surface area contributed by atoms with Gasteiger partial charge in [0.05, 0.1) is 11.9 Å². The van der Waals surface area contributed by atoms with E-state index in [1.807, 2.05) is 0 Å². The highest BCUT2D eigenvalue weighted by Crippen LogP contribution is 2.20. The number of carboxylic acids is 1.